The first-order valence-electron chi connectivity index (χ1n) is 8.06. The molecule has 0 atom stereocenters. The van der Waals surface area contributed by atoms with Crippen LogP contribution in [-0.4, -0.2) is 19.7 Å². The molecule has 0 unspecified atom stereocenters. The van der Waals surface area contributed by atoms with Gasteiger partial charge in [-0.2, -0.15) is 0 Å². The van der Waals surface area contributed by atoms with E-state index in [-0.39, 0.29) is 0 Å². The van der Waals surface area contributed by atoms with Gasteiger partial charge in [0.1, 0.15) is 11.3 Å². The van der Waals surface area contributed by atoms with Crippen LogP contribution in [0.3, 0.4) is 0 Å². The van der Waals surface area contributed by atoms with Crippen LogP contribution >= 0.6 is 12.2 Å². The zero-order chi connectivity index (χ0) is 16.4. The zero-order valence-electron chi connectivity index (χ0n) is 13.8. The maximum absolute atomic E-state index is 6.16. The average Bonchev–Trinajstić information content (AvgIpc) is 2.56. The van der Waals surface area contributed by atoms with Crippen LogP contribution in [0.25, 0.3) is 21.7 Å². The van der Waals surface area contributed by atoms with Gasteiger partial charge in [0.15, 0.2) is 5.88 Å². The third-order valence-electron chi connectivity index (χ3n) is 4.06. The van der Waals surface area contributed by atoms with Gasteiger partial charge in [-0.15, -0.1) is 0 Å². The summed E-state index contributed by atoms with van der Waals surface area (Å²) in [6.07, 6.45) is 0. The van der Waals surface area contributed by atoms with Crippen LogP contribution < -0.4 is 9.64 Å². The molecule has 3 aromatic rings. The molecule has 0 aliphatic rings. The molecular formula is C19H21NO2S. The summed E-state index contributed by atoms with van der Waals surface area (Å²) in [4.78, 5) is 2.16. The van der Waals surface area contributed by atoms with Gasteiger partial charge in [-0.1, -0.05) is 36.5 Å². The number of hydrogen-bond donors (Lipinski definition) is 0. The number of fused-ring (bicyclic) bond motifs is 3. The summed E-state index contributed by atoms with van der Waals surface area (Å²) in [6, 6.07) is 12.1. The minimum Gasteiger partial charge on any atom is -0.493 e. The van der Waals surface area contributed by atoms with Crippen LogP contribution in [0.4, 0.5) is 5.88 Å². The van der Waals surface area contributed by atoms with Crippen molar-refractivity contribution in [2.75, 3.05) is 24.6 Å². The van der Waals surface area contributed by atoms with Crippen LogP contribution in [0.5, 0.6) is 5.75 Å². The second-order valence-corrected chi connectivity index (χ2v) is 5.79. The summed E-state index contributed by atoms with van der Waals surface area (Å²) in [5.74, 6) is 1.65. The van der Waals surface area contributed by atoms with Crippen molar-refractivity contribution in [1.29, 1.82) is 0 Å². The highest BCUT2D eigenvalue weighted by atomic mass is 32.1. The lowest BCUT2D eigenvalue weighted by Gasteiger charge is -2.20. The molecule has 0 aliphatic heterocycles. The summed E-state index contributed by atoms with van der Waals surface area (Å²) >= 11 is 5.66. The number of rotatable bonds is 5. The quantitative estimate of drug-likeness (QED) is 0.452. The monoisotopic (exact) mass is 327 g/mol. The predicted octanol–water partition coefficient (Wildman–Crippen LogP) is 5.56. The van der Waals surface area contributed by atoms with Gasteiger partial charge in [-0.25, -0.2) is 0 Å². The van der Waals surface area contributed by atoms with E-state index in [2.05, 4.69) is 30.9 Å². The highest BCUT2D eigenvalue weighted by Crippen LogP contribution is 2.36. The van der Waals surface area contributed by atoms with E-state index in [1.54, 1.807) is 0 Å². The molecule has 0 saturated heterocycles. The van der Waals surface area contributed by atoms with Crippen molar-refractivity contribution >= 4 is 39.8 Å². The van der Waals surface area contributed by atoms with E-state index in [1.807, 2.05) is 31.2 Å². The first kappa shape index (κ1) is 15.8. The fourth-order valence-corrected chi connectivity index (χ4v) is 3.26. The van der Waals surface area contributed by atoms with E-state index in [0.29, 0.717) is 6.61 Å². The third kappa shape index (κ3) is 2.79. The molecule has 0 bridgehead atoms. The first-order valence-corrected chi connectivity index (χ1v) is 8.47. The molecule has 2 aromatic carbocycles. The molecule has 3 rings (SSSR count). The Bertz CT molecular complexity index is 897. The second-order valence-electron chi connectivity index (χ2n) is 5.35. The van der Waals surface area contributed by atoms with E-state index in [1.165, 1.54) is 0 Å². The van der Waals surface area contributed by atoms with Gasteiger partial charge in [0, 0.05) is 36.0 Å². The molecule has 0 aliphatic carbocycles. The highest BCUT2D eigenvalue weighted by Gasteiger charge is 2.13. The summed E-state index contributed by atoms with van der Waals surface area (Å²) in [6.45, 7) is 8.59. The van der Waals surface area contributed by atoms with E-state index in [9.17, 15) is 0 Å². The van der Waals surface area contributed by atoms with Crippen LogP contribution in [0, 0.1) is 4.51 Å². The molecule has 3 nitrogen and oxygen atoms in total. The lowest BCUT2D eigenvalue weighted by molar-refractivity contribution is 0.344. The number of anilines is 1. The van der Waals surface area contributed by atoms with Crippen LogP contribution in [0.15, 0.2) is 40.8 Å². The number of nitrogens with zero attached hydrogens (tertiary/aromatic N) is 1. The Kier molecular flexibility index (Phi) is 4.53. The van der Waals surface area contributed by atoms with Gasteiger partial charge in [-0.3, -0.25) is 0 Å². The topological polar surface area (TPSA) is 25.6 Å². The molecule has 4 heteroatoms. The van der Waals surface area contributed by atoms with Gasteiger partial charge in [0.2, 0.25) is 0 Å². The number of ether oxygens (including phenoxy) is 1. The molecule has 0 radical (unpaired) electrons. The molecular weight excluding hydrogens is 306 g/mol. The maximum Gasteiger partial charge on any atom is 0.197 e. The highest BCUT2D eigenvalue weighted by molar-refractivity contribution is 7.71. The molecule has 0 N–H and O–H groups in total. The SMILES string of the molecule is CCOc1cc2oc(N(CC)CC)cc(=S)c2c2ccccc12. The smallest absolute Gasteiger partial charge is 0.197 e. The van der Waals surface area contributed by atoms with E-state index < -0.39 is 0 Å². The Morgan fingerprint density at radius 2 is 1.74 bits per heavy atom. The molecule has 1 aromatic heterocycles. The van der Waals surface area contributed by atoms with Crippen molar-refractivity contribution in [1.82, 2.24) is 0 Å². The molecule has 0 saturated carbocycles. The summed E-state index contributed by atoms with van der Waals surface area (Å²) in [5, 5.41) is 3.13. The van der Waals surface area contributed by atoms with Crippen molar-refractivity contribution in [3.05, 3.63) is 40.9 Å². The predicted molar refractivity (Wildman–Crippen MR) is 99.3 cm³/mol. The molecule has 0 spiro atoms. The van der Waals surface area contributed by atoms with Gasteiger partial charge in [0.05, 0.1) is 11.1 Å². The number of hydrogen-bond acceptors (Lipinski definition) is 4. The fourth-order valence-electron chi connectivity index (χ4n) is 2.94. The van der Waals surface area contributed by atoms with Gasteiger partial charge in [-0.05, 0) is 26.2 Å². The Morgan fingerprint density at radius 3 is 2.39 bits per heavy atom. The normalized spacial score (nSPS) is 11.1. The van der Waals surface area contributed by atoms with Gasteiger partial charge in [0.25, 0.3) is 0 Å². The number of benzene rings is 2. The molecule has 1 heterocycles. The fraction of sp³-hybridized carbons (Fsp3) is 0.316. The third-order valence-corrected chi connectivity index (χ3v) is 4.38. The Hall–Kier alpha value is -2.07. The van der Waals surface area contributed by atoms with Crippen molar-refractivity contribution in [2.24, 2.45) is 0 Å². The lowest BCUT2D eigenvalue weighted by Crippen LogP contribution is -2.21. The van der Waals surface area contributed by atoms with Gasteiger partial charge >= 0.3 is 0 Å². The molecule has 120 valence electrons. The van der Waals surface area contributed by atoms with E-state index in [4.69, 9.17) is 21.4 Å². The summed E-state index contributed by atoms with van der Waals surface area (Å²) in [5.41, 5.74) is 0.779. The van der Waals surface area contributed by atoms with Crippen molar-refractivity contribution in [3.8, 4) is 5.75 Å². The second kappa shape index (κ2) is 6.59. The first-order chi connectivity index (χ1) is 11.2. The van der Waals surface area contributed by atoms with Crippen LogP contribution in [0.1, 0.15) is 20.8 Å². The minimum atomic E-state index is 0.617. The minimum absolute atomic E-state index is 0.617. The van der Waals surface area contributed by atoms with Crippen LogP contribution in [-0.2, 0) is 0 Å². The Balaban J connectivity index is 2.36. The summed E-state index contributed by atoms with van der Waals surface area (Å²) in [7, 11) is 0. The van der Waals surface area contributed by atoms with Gasteiger partial charge < -0.3 is 14.1 Å². The Morgan fingerprint density at radius 1 is 1.04 bits per heavy atom. The molecule has 0 fully saturated rings. The lowest BCUT2D eigenvalue weighted by atomic mass is 10.0. The van der Waals surface area contributed by atoms with Crippen molar-refractivity contribution in [2.45, 2.75) is 20.8 Å². The summed E-state index contributed by atoms with van der Waals surface area (Å²) < 4.78 is 12.8. The average molecular weight is 327 g/mol. The zero-order valence-corrected chi connectivity index (χ0v) is 14.6. The van der Waals surface area contributed by atoms with Crippen molar-refractivity contribution in [3.63, 3.8) is 0 Å². The maximum atomic E-state index is 6.16. The van der Waals surface area contributed by atoms with Crippen molar-refractivity contribution < 1.29 is 9.15 Å². The largest absolute Gasteiger partial charge is 0.493 e. The van der Waals surface area contributed by atoms with E-state index >= 15 is 0 Å². The molecule has 23 heavy (non-hydrogen) atoms. The van der Waals surface area contributed by atoms with Crippen LogP contribution in [0.2, 0.25) is 0 Å². The molecule has 0 amide bonds. The van der Waals surface area contributed by atoms with E-state index in [0.717, 1.165) is 51.0 Å². The Labute approximate surface area is 141 Å². The standard InChI is InChI=1S/C19H21NO2S/c1-4-20(5-2)18-12-17(23)19-14-10-8-7-9-13(14)15(21-6-3)11-16(19)22-18/h7-12H,4-6H2,1-3H3.